The highest BCUT2D eigenvalue weighted by Gasteiger charge is 2.12. The zero-order valence-corrected chi connectivity index (χ0v) is 8.65. The van der Waals surface area contributed by atoms with Crippen LogP contribution in [0.2, 0.25) is 0 Å². The first-order valence-corrected chi connectivity index (χ1v) is 5.68. The topological polar surface area (TPSA) is 14.1 Å². The Kier molecular flexibility index (Phi) is 3.58. The van der Waals surface area contributed by atoms with Gasteiger partial charge in [-0.3, -0.25) is 0 Å². The molecule has 1 aromatic carbocycles. The Morgan fingerprint density at radius 2 is 1.71 bits per heavy atom. The smallest absolute Gasteiger partial charge is 0.0495 e. The van der Waals surface area contributed by atoms with Crippen molar-refractivity contribution in [1.29, 1.82) is 0 Å². The summed E-state index contributed by atoms with van der Waals surface area (Å²) in [6, 6.07) is 11.2. The molecule has 14 heavy (non-hydrogen) atoms. The summed E-state index contributed by atoms with van der Waals surface area (Å²) in [6.45, 7) is 1.06. The van der Waals surface area contributed by atoms with E-state index >= 15 is 0 Å². The standard InChI is InChI=1S/C13H18N/c1-2-7-11-14-13(10-6-1)12-8-4-3-5-9-12/h3-5,8-9,13H,1-2,6-7,10-11H2. The molecule has 1 atom stereocenters. The molecular weight excluding hydrogens is 170 g/mol. The first-order valence-electron chi connectivity index (χ1n) is 5.68. The molecule has 1 heterocycles. The van der Waals surface area contributed by atoms with Crippen molar-refractivity contribution in [1.82, 2.24) is 5.32 Å². The lowest BCUT2D eigenvalue weighted by atomic mass is 9.98. The van der Waals surface area contributed by atoms with E-state index in [1.165, 1.54) is 37.7 Å². The Hall–Kier alpha value is -0.820. The van der Waals surface area contributed by atoms with Crippen molar-refractivity contribution in [2.75, 3.05) is 6.54 Å². The molecule has 0 aliphatic carbocycles. The van der Waals surface area contributed by atoms with Crippen LogP contribution in [0.4, 0.5) is 0 Å². The lowest BCUT2D eigenvalue weighted by molar-refractivity contribution is 0.419. The quantitative estimate of drug-likeness (QED) is 0.642. The summed E-state index contributed by atoms with van der Waals surface area (Å²) in [5.41, 5.74) is 1.40. The van der Waals surface area contributed by atoms with Gasteiger partial charge in [-0.2, -0.15) is 0 Å². The highest BCUT2D eigenvalue weighted by atomic mass is 14.9. The van der Waals surface area contributed by atoms with Crippen molar-refractivity contribution in [3.63, 3.8) is 0 Å². The molecule has 1 unspecified atom stereocenters. The van der Waals surface area contributed by atoms with Crippen LogP contribution in [-0.2, 0) is 0 Å². The maximum atomic E-state index is 4.75. The molecule has 1 nitrogen and oxygen atoms in total. The molecule has 0 spiro atoms. The largest absolute Gasteiger partial charge is 0.234 e. The van der Waals surface area contributed by atoms with Crippen LogP contribution in [0.5, 0.6) is 0 Å². The Balaban J connectivity index is 2.01. The summed E-state index contributed by atoms with van der Waals surface area (Å²) in [5.74, 6) is 0. The van der Waals surface area contributed by atoms with E-state index in [0.717, 1.165) is 6.54 Å². The van der Waals surface area contributed by atoms with Crippen molar-refractivity contribution in [2.24, 2.45) is 0 Å². The molecule has 1 saturated heterocycles. The molecule has 1 radical (unpaired) electrons. The van der Waals surface area contributed by atoms with E-state index < -0.39 is 0 Å². The van der Waals surface area contributed by atoms with Gasteiger partial charge in [-0.25, -0.2) is 5.32 Å². The molecule has 1 fully saturated rings. The van der Waals surface area contributed by atoms with Crippen LogP contribution in [0.15, 0.2) is 30.3 Å². The van der Waals surface area contributed by atoms with Crippen LogP contribution >= 0.6 is 0 Å². The van der Waals surface area contributed by atoms with Crippen LogP contribution in [-0.4, -0.2) is 6.54 Å². The van der Waals surface area contributed by atoms with Gasteiger partial charge in [0.15, 0.2) is 0 Å². The van der Waals surface area contributed by atoms with Crippen molar-refractivity contribution in [3.8, 4) is 0 Å². The molecule has 1 aliphatic rings. The van der Waals surface area contributed by atoms with Crippen LogP contribution < -0.4 is 5.32 Å². The number of benzene rings is 1. The zero-order valence-electron chi connectivity index (χ0n) is 8.65. The van der Waals surface area contributed by atoms with Gasteiger partial charge in [0.05, 0.1) is 0 Å². The van der Waals surface area contributed by atoms with Crippen molar-refractivity contribution >= 4 is 0 Å². The maximum Gasteiger partial charge on any atom is 0.0495 e. The minimum absolute atomic E-state index is 0.469. The van der Waals surface area contributed by atoms with Crippen LogP contribution in [0.1, 0.15) is 43.7 Å². The van der Waals surface area contributed by atoms with Gasteiger partial charge in [0.2, 0.25) is 0 Å². The van der Waals surface area contributed by atoms with Crippen LogP contribution in [0.3, 0.4) is 0 Å². The van der Waals surface area contributed by atoms with Gasteiger partial charge in [0.1, 0.15) is 0 Å². The second-order valence-corrected chi connectivity index (χ2v) is 4.04. The first-order chi connectivity index (χ1) is 6.97. The second kappa shape index (κ2) is 5.16. The normalized spacial score (nSPS) is 23.9. The van der Waals surface area contributed by atoms with Crippen molar-refractivity contribution in [3.05, 3.63) is 35.9 Å². The van der Waals surface area contributed by atoms with Crippen molar-refractivity contribution < 1.29 is 0 Å². The highest BCUT2D eigenvalue weighted by Crippen LogP contribution is 2.23. The molecule has 75 valence electrons. The third-order valence-corrected chi connectivity index (χ3v) is 2.92. The summed E-state index contributed by atoms with van der Waals surface area (Å²) in [7, 11) is 0. The van der Waals surface area contributed by atoms with E-state index in [1.54, 1.807) is 0 Å². The Bertz CT molecular complexity index is 247. The van der Waals surface area contributed by atoms with E-state index in [2.05, 4.69) is 30.3 Å². The van der Waals surface area contributed by atoms with Gasteiger partial charge in [-0.15, -0.1) is 0 Å². The first kappa shape index (κ1) is 9.72. The molecule has 0 N–H and O–H groups in total. The van der Waals surface area contributed by atoms with Crippen molar-refractivity contribution in [2.45, 2.75) is 38.1 Å². The number of hydrogen-bond acceptors (Lipinski definition) is 0. The monoisotopic (exact) mass is 188 g/mol. The van der Waals surface area contributed by atoms with Gasteiger partial charge in [-0.05, 0) is 18.4 Å². The summed E-state index contributed by atoms with van der Waals surface area (Å²) in [4.78, 5) is 0. The molecular formula is C13H18N. The average molecular weight is 188 g/mol. The van der Waals surface area contributed by atoms with E-state index in [-0.39, 0.29) is 0 Å². The molecule has 0 aromatic heterocycles. The summed E-state index contributed by atoms with van der Waals surface area (Å²) < 4.78 is 0. The van der Waals surface area contributed by atoms with E-state index in [4.69, 9.17) is 5.32 Å². The minimum atomic E-state index is 0.469. The van der Waals surface area contributed by atoms with Gasteiger partial charge in [0, 0.05) is 12.6 Å². The van der Waals surface area contributed by atoms with Crippen LogP contribution in [0, 0.1) is 0 Å². The minimum Gasteiger partial charge on any atom is -0.234 e. The molecule has 2 rings (SSSR count). The summed E-state index contributed by atoms with van der Waals surface area (Å²) in [5, 5.41) is 4.75. The predicted molar refractivity (Wildman–Crippen MR) is 59.3 cm³/mol. The van der Waals surface area contributed by atoms with Gasteiger partial charge >= 0.3 is 0 Å². The van der Waals surface area contributed by atoms with E-state index in [9.17, 15) is 0 Å². The molecule has 1 heteroatoms. The molecule has 0 bridgehead atoms. The number of nitrogens with zero attached hydrogens (tertiary/aromatic N) is 1. The van der Waals surface area contributed by atoms with Gasteiger partial charge < -0.3 is 0 Å². The molecule has 0 amide bonds. The maximum absolute atomic E-state index is 4.75. The fourth-order valence-electron chi connectivity index (χ4n) is 2.09. The van der Waals surface area contributed by atoms with E-state index in [1.807, 2.05) is 0 Å². The van der Waals surface area contributed by atoms with Gasteiger partial charge in [-0.1, -0.05) is 49.6 Å². The van der Waals surface area contributed by atoms with Gasteiger partial charge in [0.25, 0.3) is 0 Å². The molecule has 0 saturated carbocycles. The number of rotatable bonds is 1. The van der Waals surface area contributed by atoms with E-state index in [0.29, 0.717) is 6.04 Å². The fraction of sp³-hybridized carbons (Fsp3) is 0.538. The third kappa shape index (κ3) is 2.58. The zero-order chi connectivity index (χ0) is 9.64. The lowest BCUT2D eigenvalue weighted by Crippen LogP contribution is -2.17. The fourth-order valence-corrected chi connectivity index (χ4v) is 2.09. The summed E-state index contributed by atoms with van der Waals surface area (Å²) in [6.07, 6.45) is 6.61. The molecule has 1 aromatic rings. The second-order valence-electron chi connectivity index (χ2n) is 4.04. The van der Waals surface area contributed by atoms with Crippen LogP contribution in [0.25, 0.3) is 0 Å². The lowest BCUT2D eigenvalue weighted by Gasteiger charge is -2.19. The predicted octanol–water partition coefficient (Wildman–Crippen LogP) is 3.30. The molecule has 1 aliphatic heterocycles. The SMILES string of the molecule is c1ccc(C2CCCCCC[N]2)cc1. The highest BCUT2D eigenvalue weighted by molar-refractivity contribution is 5.18. The Labute approximate surface area is 86.5 Å². The Morgan fingerprint density at radius 3 is 2.57 bits per heavy atom. The summed E-state index contributed by atoms with van der Waals surface area (Å²) >= 11 is 0. The Morgan fingerprint density at radius 1 is 0.929 bits per heavy atom. The third-order valence-electron chi connectivity index (χ3n) is 2.92. The average Bonchev–Trinajstić information content (AvgIpc) is 2.18. The number of hydrogen-bond donors (Lipinski definition) is 0.